The Balaban J connectivity index is 1.76. The van der Waals surface area contributed by atoms with Crippen LogP contribution in [0.4, 0.5) is 4.79 Å². The molecule has 6 heteroatoms. The zero-order valence-corrected chi connectivity index (χ0v) is 13.4. The van der Waals surface area contributed by atoms with Crippen LogP contribution in [0.3, 0.4) is 0 Å². The molecule has 1 atom stereocenters. The summed E-state index contributed by atoms with van der Waals surface area (Å²) in [6.45, 7) is 3.62. The van der Waals surface area contributed by atoms with E-state index >= 15 is 0 Å². The largest absolute Gasteiger partial charge is 0.393 e. The van der Waals surface area contributed by atoms with Crippen LogP contribution in [0.15, 0.2) is 43.0 Å². The SMILES string of the molecule is CCC(O)CCNC(=O)NCc1cccc(Cn2ccnc2)c1. The van der Waals surface area contributed by atoms with Gasteiger partial charge in [-0.1, -0.05) is 31.2 Å². The van der Waals surface area contributed by atoms with Gasteiger partial charge in [-0.25, -0.2) is 9.78 Å². The Morgan fingerprint density at radius 1 is 1.35 bits per heavy atom. The number of rotatable bonds is 8. The van der Waals surface area contributed by atoms with Gasteiger partial charge in [-0.05, 0) is 24.0 Å². The lowest BCUT2D eigenvalue weighted by molar-refractivity contribution is 0.160. The van der Waals surface area contributed by atoms with Gasteiger partial charge in [0.15, 0.2) is 0 Å². The molecule has 0 saturated carbocycles. The van der Waals surface area contributed by atoms with E-state index in [1.165, 1.54) is 0 Å². The Hall–Kier alpha value is -2.34. The van der Waals surface area contributed by atoms with E-state index in [1.807, 2.05) is 29.8 Å². The maximum Gasteiger partial charge on any atom is 0.315 e. The fraction of sp³-hybridized carbons (Fsp3) is 0.412. The molecule has 6 nitrogen and oxygen atoms in total. The van der Waals surface area contributed by atoms with Gasteiger partial charge in [0.05, 0.1) is 12.4 Å². The maximum atomic E-state index is 11.7. The highest BCUT2D eigenvalue weighted by Gasteiger charge is 2.04. The van der Waals surface area contributed by atoms with Crippen molar-refractivity contribution >= 4 is 6.03 Å². The molecule has 2 amide bonds. The fourth-order valence-electron chi connectivity index (χ4n) is 2.23. The Kier molecular flexibility index (Phi) is 6.62. The van der Waals surface area contributed by atoms with Gasteiger partial charge in [0.25, 0.3) is 0 Å². The van der Waals surface area contributed by atoms with Crippen molar-refractivity contribution in [1.82, 2.24) is 20.2 Å². The number of hydrogen-bond donors (Lipinski definition) is 3. The van der Waals surface area contributed by atoms with E-state index < -0.39 is 0 Å². The summed E-state index contributed by atoms with van der Waals surface area (Å²) in [4.78, 5) is 15.7. The van der Waals surface area contributed by atoms with E-state index in [1.54, 1.807) is 12.5 Å². The summed E-state index contributed by atoms with van der Waals surface area (Å²) in [5.41, 5.74) is 2.21. The number of aliphatic hydroxyl groups is 1. The lowest BCUT2D eigenvalue weighted by atomic mass is 10.1. The van der Waals surface area contributed by atoms with Crippen LogP contribution in [-0.4, -0.2) is 33.3 Å². The second-order valence-corrected chi connectivity index (χ2v) is 5.52. The molecule has 0 radical (unpaired) electrons. The number of aliphatic hydroxyl groups excluding tert-OH is 1. The van der Waals surface area contributed by atoms with E-state index in [4.69, 9.17) is 0 Å². The molecule has 2 rings (SSSR count). The molecule has 0 aliphatic heterocycles. The molecule has 1 aromatic carbocycles. The Morgan fingerprint density at radius 2 is 2.17 bits per heavy atom. The highest BCUT2D eigenvalue weighted by atomic mass is 16.3. The second kappa shape index (κ2) is 8.95. The predicted molar refractivity (Wildman–Crippen MR) is 88.9 cm³/mol. The Morgan fingerprint density at radius 3 is 2.91 bits per heavy atom. The minimum Gasteiger partial charge on any atom is -0.393 e. The van der Waals surface area contributed by atoms with Crippen molar-refractivity contribution in [3.05, 3.63) is 54.1 Å². The van der Waals surface area contributed by atoms with Crippen molar-refractivity contribution in [2.45, 2.75) is 39.0 Å². The number of urea groups is 1. The molecule has 23 heavy (non-hydrogen) atoms. The van der Waals surface area contributed by atoms with E-state index in [2.05, 4.69) is 27.8 Å². The first-order valence-corrected chi connectivity index (χ1v) is 7.90. The summed E-state index contributed by atoms with van der Waals surface area (Å²) in [5, 5.41) is 15.0. The molecule has 1 unspecified atom stereocenters. The molecule has 1 heterocycles. The minimum absolute atomic E-state index is 0.215. The van der Waals surface area contributed by atoms with Crippen molar-refractivity contribution in [1.29, 1.82) is 0 Å². The van der Waals surface area contributed by atoms with Crippen LogP contribution < -0.4 is 10.6 Å². The summed E-state index contributed by atoms with van der Waals surface area (Å²) in [5.74, 6) is 0. The molecule has 0 fully saturated rings. The van der Waals surface area contributed by atoms with Crippen molar-refractivity contribution in [3.63, 3.8) is 0 Å². The third-order valence-electron chi connectivity index (χ3n) is 3.60. The smallest absolute Gasteiger partial charge is 0.315 e. The zero-order chi connectivity index (χ0) is 16.5. The molecule has 1 aromatic heterocycles. The highest BCUT2D eigenvalue weighted by molar-refractivity contribution is 5.73. The average Bonchev–Trinajstić information content (AvgIpc) is 3.06. The van der Waals surface area contributed by atoms with Gasteiger partial charge in [-0.2, -0.15) is 0 Å². The van der Waals surface area contributed by atoms with Gasteiger partial charge in [0.1, 0.15) is 0 Å². The van der Waals surface area contributed by atoms with E-state index in [0.717, 1.165) is 17.7 Å². The molecule has 2 aromatic rings. The molecular formula is C17H24N4O2. The first-order chi connectivity index (χ1) is 11.2. The standard InChI is InChI=1S/C17H24N4O2/c1-2-16(22)6-7-19-17(23)20-11-14-4-3-5-15(10-14)12-21-9-8-18-13-21/h3-5,8-10,13,16,22H,2,6-7,11-12H2,1H3,(H2,19,20,23). The number of carbonyl (C=O) groups excluding carboxylic acids is 1. The Bertz CT molecular complexity index is 598. The van der Waals surface area contributed by atoms with Gasteiger partial charge in [-0.3, -0.25) is 0 Å². The fourth-order valence-corrected chi connectivity index (χ4v) is 2.23. The van der Waals surface area contributed by atoms with Crippen LogP contribution in [0.2, 0.25) is 0 Å². The first kappa shape index (κ1) is 17.0. The number of aromatic nitrogens is 2. The van der Waals surface area contributed by atoms with Gasteiger partial charge in [-0.15, -0.1) is 0 Å². The normalized spacial score (nSPS) is 11.9. The molecule has 0 spiro atoms. The van der Waals surface area contributed by atoms with Crippen LogP contribution >= 0.6 is 0 Å². The monoisotopic (exact) mass is 316 g/mol. The van der Waals surface area contributed by atoms with Gasteiger partial charge in [0, 0.05) is 32.0 Å². The third kappa shape index (κ3) is 6.12. The predicted octanol–water partition coefficient (Wildman–Crippen LogP) is 1.89. The summed E-state index contributed by atoms with van der Waals surface area (Å²) in [7, 11) is 0. The third-order valence-corrected chi connectivity index (χ3v) is 3.60. The molecule has 0 aliphatic rings. The van der Waals surface area contributed by atoms with Crippen LogP contribution in [0, 0.1) is 0 Å². The maximum absolute atomic E-state index is 11.7. The molecule has 3 N–H and O–H groups in total. The van der Waals surface area contributed by atoms with Gasteiger partial charge >= 0.3 is 6.03 Å². The average molecular weight is 316 g/mol. The van der Waals surface area contributed by atoms with Crippen molar-refractivity contribution < 1.29 is 9.90 Å². The zero-order valence-electron chi connectivity index (χ0n) is 13.4. The number of benzene rings is 1. The van der Waals surface area contributed by atoms with Crippen molar-refractivity contribution in [3.8, 4) is 0 Å². The second-order valence-electron chi connectivity index (χ2n) is 5.52. The minimum atomic E-state index is -0.352. The summed E-state index contributed by atoms with van der Waals surface area (Å²) in [6.07, 6.45) is 6.38. The quantitative estimate of drug-likeness (QED) is 0.696. The Labute approximate surface area is 136 Å². The number of carbonyl (C=O) groups is 1. The molecule has 0 saturated heterocycles. The summed E-state index contributed by atoms with van der Waals surface area (Å²) < 4.78 is 2.00. The van der Waals surface area contributed by atoms with Crippen molar-refractivity contribution in [2.75, 3.05) is 6.54 Å². The lowest BCUT2D eigenvalue weighted by Crippen LogP contribution is -2.36. The number of nitrogens with one attached hydrogen (secondary N) is 2. The number of hydrogen-bond acceptors (Lipinski definition) is 3. The topological polar surface area (TPSA) is 79.2 Å². The summed E-state index contributed by atoms with van der Waals surface area (Å²) >= 11 is 0. The molecule has 0 bridgehead atoms. The molecule has 0 aliphatic carbocycles. The van der Waals surface area contributed by atoms with Crippen LogP contribution in [0.1, 0.15) is 30.9 Å². The summed E-state index contributed by atoms with van der Waals surface area (Å²) in [6, 6.07) is 7.88. The lowest BCUT2D eigenvalue weighted by Gasteiger charge is -2.11. The van der Waals surface area contributed by atoms with Gasteiger partial charge < -0.3 is 20.3 Å². The van der Waals surface area contributed by atoms with Crippen LogP contribution in [0.25, 0.3) is 0 Å². The number of imidazole rings is 1. The van der Waals surface area contributed by atoms with E-state index in [0.29, 0.717) is 25.9 Å². The van der Waals surface area contributed by atoms with Crippen molar-refractivity contribution in [2.24, 2.45) is 0 Å². The number of amides is 2. The molecule has 124 valence electrons. The first-order valence-electron chi connectivity index (χ1n) is 7.90. The molecular weight excluding hydrogens is 292 g/mol. The van der Waals surface area contributed by atoms with Crippen LogP contribution in [0.5, 0.6) is 0 Å². The van der Waals surface area contributed by atoms with E-state index in [9.17, 15) is 9.90 Å². The highest BCUT2D eigenvalue weighted by Crippen LogP contribution is 2.07. The van der Waals surface area contributed by atoms with Gasteiger partial charge in [0.2, 0.25) is 0 Å². The number of nitrogens with zero attached hydrogens (tertiary/aromatic N) is 2. The van der Waals surface area contributed by atoms with E-state index in [-0.39, 0.29) is 12.1 Å². The van der Waals surface area contributed by atoms with Crippen LogP contribution in [-0.2, 0) is 13.1 Å².